The number of nitrogens with one attached hydrogen (secondary N) is 1. The Labute approximate surface area is 172 Å². The fourth-order valence-corrected chi connectivity index (χ4v) is 4.74. The Morgan fingerprint density at radius 1 is 1.07 bits per heavy atom. The number of rotatable bonds is 8. The predicted molar refractivity (Wildman–Crippen MR) is 112 cm³/mol. The van der Waals surface area contributed by atoms with Crippen LogP contribution in [0.1, 0.15) is 25.3 Å². The third-order valence-electron chi connectivity index (χ3n) is 5.15. The molecular weight excluding hydrogens is 388 g/mol. The second kappa shape index (κ2) is 9.89. The zero-order valence-corrected chi connectivity index (χ0v) is 17.5. The average molecular weight is 417 g/mol. The normalized spacial score (nSPS) is 15.8. The largest absolute Gasteiger partial charge is 0.484 e. The lowest BCUT2D eigenvalue weighted by Gasteiger charge is -2.29. The number of carbonyl (C=O) groups excluding carboxylic acids is 1. The third kappa shape index (κ3) is 6.05. The zero-order valence-electron chi connectivity index (χ0n) is 16.7. The van der Waals surface area contributed by atoms with Crippen LogP contribution in [0.3, 0.4) is 0 Å². The first-order chi connectivity index (χ1) is 13.9. The van der Waals surface area contributed by atoms with E-state index in [1.165, 1.54) is 12.1 Å². The molecule has 0 saturated carbocycles. The number of benzene rings is 2. The van der Waals surface area contributed by atoms with Gasteiger partial charge in [-0.1, -0.05) is 37.3 Å². The lowest BCUT2D eigenvalue weighted by atomic mass is 10.0. The van der Waals surface area contributed by atoms with E-state index in [0.717, 1.165) is 24.8 Å². The molecule has 1 amide bonds. The van der Waals surface area contributed by atoms with E-state index in [9.17, 15) is 13.2 Å². The van der Waals surface area contributed by atoms with Crippen molar-refractivity contribution in [3.63, 3.8) is 0 Å². The van der Waals surface area contributed by atoms with Crippen LogP contribution in [0.25, 0.3) is 0 Å². The van der Waals surface area contributed by atoms with Crippen LogP contribution in [-0.2, 0) is 21.2 Å². The van der Waals surface area contributed by atoms with E-state index in [2.05, 4.69) is 12.2 Å². The maximum Gasteiger partial charge on any atom is 0.257 e. The summed E-state index contributed by atoms with van der Waals surface area (Å²) in [5, 5.41) is 2.82. The third-order valence-corrected chi connectivity index (χ3v) is 7.07. The number of sulfonamides is 1. The molecule has 2 aromatic rings. The summed E-state index contributed by atoms with van der Waals surface area (Å²) in [5.74, 6) is 0.825. The molecule has 3 rings (SSSR count). The van der Waals surface area contributed by atoms with Gasteiger partial charge in [0.1, 0.15) is 5.75 Å². The SMILES string of the molecule is CC1CCN(S(=O)(=O)c2ccc(OCC(=O)NCCc3ccccc3)cc2)CC1. The molecule has 1 aliphatic rings. The van der Waals surface area contributed by atoms with Crippen molar-refractivity contribution in [3.8, 4) is 5.75 Å². The molecule has 0 aromatic heterocycles. The molecule has 1 aliphatic heterocycles. The van der Waals surface area contributed by atoms with Crippen LogP contribution in [0.4, 0.5) is 0 Å². The van der Waals surface area contributed by atoms with Gasteiger partial charge in [0.15, 0.2) is 6.61 Å². The highest BCUT2D eigenvalue weighted by Gasteiger charge is 2.27. The standard InChI is InChI=1S/C22H28N2O4S/c1-18-12-15-24(16-13-18)29(26,27)21-9-7-20(8-10-21)28-17-22(25)23-14-11-19-5-3-2-4-6-19/h2-10,18H,11-17H2,1H3,(H,23,25). The van der Waals surface area contributed by atoms with Gasteiger partial charge in [-0.25, -0.2) is 8.42 Å². The van der Waals surface area contributed by atoms with Gasteiger partial charge in [-0.2, -0.15) is 4.31 Å². The minimum atomic E-state index is -3.47. The molecule has 1 N–H and O–H groups in total. The number of amides is 1. The number of piperidine rings is 1. The van der Waals surface area contributed by atoms with Crippen molar-refractivity contribution in [1.82, 2.24) is 9.62 Å². The summed E-state index contributed by atoms with van der Waals surface area (Å²) in [5.41, 5.74) is 1.16. The van der Waals surface area contributed by atoms with Crippen molar-refractivity contribution in [2.45, 2.75) is 31.1 Å². The number of ether oxygens (including phenoxy) is 1. The molecule has 0 bridgehead atoms. The van der Waals surface area contributed by atoms with E-state index in [-0.39, 0.29) is 17.4 Å². The first-order valence-corrected chi connectivity index (χ1v) is 11.4. The minimum Gasteiger partial charge on any atom is -0.484 e. The maximum absolute atomic E-state index is 12.7. The number of hydrogen-bond acceptors (Lipinski definition) is 4. The van der Waals surface area contributed by atoms with E-state index in [4.69, 9.17) is 4.74 Å². The zero-order chi connectivity index (χ0) is 20.7. The fourth-order valence-electron chi connectivity index (χ4n) is 3.27. The maximum atomic E-state index is 12.7. The van der Waals surface area contributed by atoms with Gasteiger partial charge in [0.05, 0.1) is 4.90 Å². The molecule has 29 heavy (non-hydrogen) atoms. The average Bonchev–Trinajstić information content (AvgIpc) is 2.74. The van der Waals surface area contributed by atoms with Gasteiger partial charge in [0, 0.05) is 19.6 Å². The summed E-state index contributed by atoms with van der Waals surface area (Å²) in [4.78, 5) is 12.2. The molecule has 0 spiro atoms. The molecule has 6 nitrogen and oxygen atoms in total. The monoisotopic (exact) mass is 416 g/mol. The lowest BCUT2D eigenvalue weighted by Crippen LogP contribution is -2.37. The molecule has 1 fully saturated rings. The summed E-state index contributed by atoms with van der Waals surface area (Å²) in [6.07, 6.45) is 2.54. The fraction of sp³-hybridized carbons (Fsp3) is 0.409. The molecule has 7 heteroatoms. The topological polar surface area (TPSA) is 75.7 Å². The molecule has 156 valence electrons. The molecule has 0 radical (unpaired) electrons. The quantitative estimate of drug-likeness (QED) is 0.718. The second-order valence-electron chi connectivity index (χ2n) is 7.43. The van der Waals surface area contributed by atoms with Crippen molar-refractivity contribution in [2.75, 3.05) is 26.2 Å². The van der Waals surface area contributed by atoms with Crippen LogP contribution in [-0.4, -0.2) is 44.9 Å². The lowest BCUT2D eigenvalue weighted by molar-refractivity contribution is -0.123. The Bertz CT molecular complexity index is 890. The van der Waals surface area contributed by atoms with Crippen LogP contribution in [0, 0.1) is 5.92 Å². The summed E-state index contributed by atoms with van der Waals surface area (Å²) in [6, 6.07) is 16.2. The van der Waals surface area contributed by atoms with E-state index in [1.54, 1.807) is 16.4 Å². The Morgan fingerprint density at radius 2 is 1.72 bits per heavy atom. The number of nitrogens with zero attached hydrogens (tertiary/aromatic N) is 1. The van der Waals surface area contributed by atoms with Crippen LogP contribution in [0.5, 0.6) is 5.75 Å². The second-order valence-corrected chi connectivity index (χ2v) is 9.37. The first kappa shape index (κ1) is 21.3. The van der Waals surface area contributed by atoms with Gasteiger partial charge in [0.2, 0.25) is 10.0 Å². The minimum absolute atomic E-state index is 0.106. The highest BCUT2D eigenvalue weighted by Crippen LogP contribution is 2.24. The summed E-state index contributed by atoms with van der Waals surface area (Å²) in [6.45, 7) is 3.70. The highest BCUT2D eigenvalue weighted by molar-refractivity contribution is 7.89. The van der Waals surface area contributed by atoms with Crippen molar-refractivity contribution in [1.29, 1.82) is 0 Å². The summed E-state index contributed by atoms with van der Waals surface area (Å²) < 4.78 is 32.5. The Kier molecular flexibility index (Phi) is 7.28. The molecule has 0 atom stereocenters. The first-order valence-electron chi connectivity index (χ1n) is 9.99. The smallest absolute Gasteiger partial charge is 0.257 e. The van der Waals surface area contributed by atoms with Crippen molar-refractivity contribution in [2.24, 2.45) is 5.92 Å². The van der Waals surface area contributed by atoms with Crippen LogP contribution in [0.15, 0.2) is 59.5 Å². The van der Waals surface area contributed by atoms with Crippen molar-refractivity contribution in [3.05, 3.63) is 60.2 Å². The van der Waals surface area contributed by atoms with Gasteiger partial charge < -0.3 is 10.1 Å². The summed E-state index contributed by atoms with van der Waals surface area (Å²) >= 11 is 0. The van der Waals surface area contributed by atoms with E-state index in [1.807, 2.05) is 30.3 Å². The van der Waals surface area contributed by atoms with Crippen LogP contribution in [0.2, 0.25) is 0 Å². The van der Waals surface area contributed by atoms with E-state index < -0.39 is 10.0 Å². The predicted octanol–water partition coefficient (Wildman–Crippen LogP) is 2.84. The number of hydrogen-bond donors (Lipinski definition) is 1. The van der Waals surface area contributed by atoms with E-state index in [0.29, 0.717) is 31.3 Å². The molecule has 0 unspecified atom stereocenters. The Morgan fingerprint density at radius 3 is 2.38 bits per heavy atom. The van der Waals surface area contributed by atoms with Crippen molar-refractivity contribution >= 4 is 15.9 Å². The molecule has 2 aromatic carbocycles. The summed E-state index contributed by atoms with van der Waals surface area (Å²) in [7, 11) is -3.47. The number of carbonyl (C=O) groups is 1. The highest BCUT2D eigenvalue weighted by atomic mass is 32.2. The molecule has 1 heterocycles. The Balaban J connectivity index is 1.45. The van der Waals surface area contributed by atoms with Crippen LogP contribution >= 0.6 is 0 Å². The molecular formula is C22H28N2O4S. The molecule has 1 saturated heterocycles. The van der Waals surface area contributed by atoms with Gasteiger partial charge in [0.25, 0.3) is 5.91 Å². The Hall–Kier alpha value is -2.38. The van der Waals surface area contributed by atoms with Gasteiger partial charge in [-0.05, 0) is 55.0 Å². The van der Waals surface area contributed by atoms with Crippen molar-refractivity contribution < 1.29 is 17.9 Å². The van der Waals surface area contributed by atoms with Gasteiger partial charge in [-0.3, -0.25) is 4.79 Å². The van der Waals surface area contributed by atoms with Gasteiger partial charge >= 0.3 is 0 Å². The molecule has 0 aliphatic carbocycles. The van der Waals surface area contributed by atoms with Crippen LogP contribution < -0.4 is 10.1 Å². The van der Waals surface area contributed by atoms with Gasteiger partial charge in [-0.15, -0.1) is 0 Å². The van der Waals surface area contributed by atoms with E-state index >= 15 is 0 Å².